The van der Waals surface area contributed by atoms with Crippen LogP contribution in [0.4, 0.5) is 0 Å². The van der Waals surface area contributed by atoms with Gasteiger partial charge in [0, 0.05) is 24.7 Å². The number of rotatable bonds is 8. The van der Waals surface area contributed by atoms with Gasteiger partial charge in [0.25, 0.3) is 5.91 Å². The van der Waals surface area contributed by atoms with Crippen molar-refractivity contribution in [3.8, 4) is 5.75 Å². The Morgan fingerprint density at radius 2 is 1.82 bits per heavy atom. The van der Waals surface area contributed by atoms with E-state index in [1.807, 2.05) is 24.3 Å². The first-order chi connectivity index (χ1) is 13.4. The molecule has 1 heterocycles. The summed E-state index contributed by atoms with van der Waals surface area (Å²) in [5.74, 6) is 0.264. The van der Waals surface area contributed by atoms with Gasteiger partial charge in [-0.15, -0.1) is 0 Å². The minimum absolute atomic E-state index is 0.00743. The van der Waals surface area contributed by atoms with Gasteiger partial charge < -0.3 is 10.1 Å². The topological polar surface area (TPSA) is 75.7 Å². The normalized spacial score (nSPS) is 14.3. The monoisotopic (exact) mass is 422 g/mol. The first-order valence-electron chi connectivity index (χ1n) is 9.14. The van der Waals surface area contributed by atoms with Crippen LogP contribution in [0.1, 0.15) is 17.5 Å². The van der Waals surface area contributed by atoms with Crippen LogP contribution >= 0.6 is 11.6 Å². The lowest BCUT2D eigenvalue weighted by Gasteiger charge is -2.28. The molecule has 3 rings (SSSR count). The van der Waals surface area contributed by atoms with Crippen molar-refractivity contribution < 1.29 is 17.9 Å². The maximum absolute atomic E-state index is 12.6. The maximum Gasteiger partial charge on any atom is 0.257 e. The van der Waals surface area contributed by atoms with Gasteiger partial charge in [0.2, 0.25) is 10.0 Å². The minimum Gasteiger partial charge on any atom is -0.484 e. The smallest absolute Gasteiger partial charge is 0.257 e. The number of halogens is 1. The number of hydrogen-bond acceptors (Lipinski definition) is 4. The van der Waals surface area contributed by atoms with Crippen molar-refractivity contribution in [3.05, 3.63) is 64.7 Å². The van der Waals surface area contributed by atoms with E-state index in [-0.39, 0.29) is 24.8 Å². The van der Waals surface area contributed by atoms with Crippen molar-refractivity contribution in [3.63, 3.8) is 0 Å². The Bertz CT molecular complexity index is 916. The fourth-order valence-electron chi connectivity index (χ4n) is 3.05. The molecule has 6 nitrogen and oxygen atoms in total. The van der Waals surface area contributed by atoms with E-state index in [9.17, 15) is 13.2 Å². The SMILES string of the molecule is O=C(COc1ccc(Cl)cc1)NCCCS(=O)(=O)N1CCc2ccccc2C1. The highest BCUT2D eigenvalue weighted by Gasteiger charge is 2.25. The lowest BCUT2D eigenvalue weighted by atomic mass is 10.0. The van der Waals surface area contributed by atoms with Gasteiger partial charge in [0.1, 0.15) is 5.75 Å². The third kappa shape index (κ3) is 5.70. The maximum atomic E-state index is 12.6. The number of hydrogen-bond donors (Lipinski definition) is 1. The molecule has 0 atom stereocenters. The van der Waals surface area contributed by atoms with E-state index in [1.54, 1.807) is 24.3 Å². The van der Waals surface area contributed by atoms with Crippen LogP contribution in [0.5, 0.6) is 5.75 Å². The van der Waals surface area contributed by atoms with E-state index in [1.165, 1.54) is 9.87 Å². The summed E-state index contributed by atoms with van der Waals surface area (Å²) in [5.41, 5.74) is 2.27. The molecule has 2 aromatic carbocycles. The zero-order chi connectivity index (χ0) is 20.0. The zero-order valence-corrected chi connectivity index (χ0v) is 17.0. The second-order valence-electron chi connectivity index (χ2n) is 6.61. The zero-order valence-electron chi connectivity index (χ0n) is 15.4. The Kier molecular flexibility index (Phi) is 6.93. The van der Waals surface area contributed by atoms with Gasteiger partial charge in [-0.2, -0.15) is 4.31 Å². The Morgan fingerprint density at radius 3 is 2.57 bits per heavy atom. The molecular weight excluding hydrogens is 400 g/mol. The predicted octanol–water partition coefficient (Wildman–Crippen LogP) is 2.61. The summed E-state index contributed by atoms with van der Waals surface area (Å²) in [6, 6.07) is 14.6. The fourth-order valence-corrected chi connectivity index (χ4v) is 4.65. The molecule has 0 unspecified atom stereocenters. The van der Waals surface area contributed by atoms with Gasteiger partial charge in [0.15, 0.2) is 6.61 Å². The van der Waals surface area contributed by atoms with E-state index in [2.05, 4.69) is 5.32 Å². The molecule has 2 aromatic rings. The van der Waals surface area contributed by atoms with Crippen molar-refractivity contribution >= 4 is 27.5 Å². The largest absolute Gasteiger partial charge is 0.484 e. The Balaban J connectivity index is 1.38. The number of sulfonamides is 1. The van der Waals surface area contributed by atoms with Gasteiger partial charge >= 0.3 is 0 Å². The number of nitrogens with one attached hydrogen (secondary N) is 1. The molecule has 0 saturated carbocycles. The first-order valence-corrected chi connectivity index (χ1v) is 11.1. The van der Waals surface area contributed by atoms with Crippen LogP contribution < -0.4 is 10.1 Å². The summed E-state index contributed by atoms with van der Waals surface area (Å²) in [7, 11) is -3.35. The van der Waals surface area contributed by atoms with Gasteiger partial charge in [-0.3, -0.25) is 4.79 Å². The van der Waals surface area contributed by atoms with Crippen molar-refractivity contribution in [1.29, 1.82) is 0 Å². The predicted molar refractivity (Wildman–Crippen MR) is 109 cm³/mol. The number of fused-ring (bicyclic) bond motifs is 1. The Morgan fingerprint density at radius 1 is 1.11 bits per heavy atom. The molecule has 0 saturated heterocycles. The molecule has 1 aliphatic heterocycles. The van der Waals surface area contributed by atoms with Crippen LogP contribution in [0, 0.1) is 0 Å². The standard InChI is InChI=1S/C20H23ClN2O4S/c21-18-6-8-19(9-7-18)27-15-20(24)22-11-3-13-28(25,26)23-12-10-16-4-1-2-5-17(16)14-23/h1-2,4-9H,3,10-15H2,(H,22,24). The average molecular weight is 423 g/mol. The molecule has 0 bridgehead atoms. The summed E-state index contributed by atoms with van der Waals surface area (Å²) >= 11 is 5.79. The van der Waals surface area contributed by atoms with Crippen molar-refractivity contribution in [2.24, 2.45) is 0 Å². The van der Waals surface area contributed by atoms with Crippen LogP contribution in [0.25, 0.3) is 0 Å². The average Bonchev–Trinajstić information content (AvgIpc) is 2.70. The highest BCUT2D eigenvalue weighted by Crippen LogP contribution is 2.21. The third-order valence-electron chi connectivity index (χ3n) is 4.57. The molecule has 0 radical (unpaired) electrons. The van der Waals surface area contributed by atoms with Crippen LogP contribution in [-0.2, 0) is 27.8 Å². The number of ether oxygens (including phenoxy) is 1. The second-order valence-corrected chi connectivity index (χ2v) is 9.14. The van der Waals surface area contributed by atoms with Gasteiger partial charge in [0.05, 0.1) is 5.75 Å². The summed E-state index contributed by atoms with van der Waals surface area (Å²) < 4.78 is 32.0. The van der Waals surface area contributed by atoms with Crippen LogP contribution in [0.15, 0.2) is 48.5 Å². The molecular formula is C20H23ClN2O4S. The summed E-state index contributed by atoms with van der Waals surface area (Å²) in [4.78, 5) is 11.8. The van der Waals surface area contributed by atoms with Gasteiger partial charge in [-0.25, -0.2) is 8.42 Å². The lowest BCUT2D eigenvalue weighted by Crippen LogP contribution is -2.38. The lowest BCUT2D eigenvalue weighted by molar-refractivity contribution is -0.123. The first kappa shape index (κ1) is 20.6. The highest BCUT2D eigenvalue weighted by molar-refractivity contribution is 7.89. The van der Waals surface area contributed by atoms with Crippen molar-refractivity contribution in [1.82, 2.24) is 9.62 Å². The molecule has 1 N–H and O–H groups in total. The van der Waals surface area contributed by atoms with E-state index < -0.39 is 10.0 Å². The quantitative estimate of drug-likeness (QED) is 0.663. The third-order valence-corrected chi connectivity index (χ3v) is 6.73. The number of amides is 1. The number of nitrogens with zero attached hydrogens (tertiary/aromatic N) is 1. The molecule has 8 heteroatoms. The molecule has 0 fully saturated rings. The fraction of sp³-hybridized carbons (Fsp3) is 0.350. The van der Waals surface area contributed by atoms with Gasteiger partial charge in [-0.1, -0.05) is 35.9 Å². The van der Waals surface area contributed by atoms with E-state index in [4.69, 9.17) is 16.3 Å². The van der Waals surface area contributed by atoms with E-state index in [0.717, 1.165) is 12.0 Å². The Labute approximate surface area is 170 Å². The molecule has 150 valence electrons. The molecule has 0 spiro atoms. The minimum atomic E-state index is -3.35. The number of carbonyl (C=O) groups excluding carboxylic acids is 1. The second kappa shape index (κ2) is 9.41. The summed E-state index contributed by atoms with van der Waals surface area (Å²) in [6.45, 7) is 1.07. The molecule has 0 aromatic heterocycles. The van der Waals surface area contributed by atoms with Crippen LogP contribution in [0.3, 0.4) is 0 Å². The Hall–Kier alpha value is -2.09. The van der Waals surface area contributed by atoms with Crippen LogP contribution in [-0.4, -0.2) is 44.1 Å². The van der Waals surface area contributed by atoms with Crippen molar-refractivity contribution in [2.75, 3.05) is 25.4 Å². The molecule has 1 aliphatic rings. The van der Waals surface area contributed by atoms with E-state index >= 15 is 0 Å². The number of benzene rings is 2. The molecule has 28 heavy (non-hydrogen) atoms. The highest BCUT2D eigenvalue weighted by atomic mass is 35.5. The summed E-state index contributed by atoms with van der Waals surface area (Å²) in [6.07, 6.45) is 1.08. The molecule has 1 amide bonds. The van der Waals surface area contributed by atoms with Crippen molar-refractivity contribution in [2.45, 2.75) is 19.4 Å². The number of carbonyl (C=O) groups is 1. The van der Waals surface area contributed by atoms with Crippen LogP contribution in [0.2, 0.25) is 5.02 Å². The molecule has 0 aliphatic carbocycles. The van der Waals surface area contributed by atoms with E-state index in [0.29, 0.717) is 30.3 Å². The van der Waals surface area contributed by atoms with Gasteiger partial charge in [-0.05, 0) is 48.2 Å². The summed E-state index contributed by atoms with van der Waals surface area (Å²) in [5, 5.41) is 3.28.